The average molecular weight is 384 g/mol. The van der Waals surface area contributed by atoms with Gasteiger partial charge in [-0.05, 0) is 25.8 Å². The first-order valence-corrected chi connectivity index (χ1v) is 9.28. The molecule has 1 aliphatic heterocycles. The van der Waals surface area contributed by atoms with Gasteiger partial charge in [0.2, 0.25) is 0 Å². The van der Waals surface area contributed by atoms with Crippen LogP contribution in [0.25, 0.3) is 11.4 Å². The number of pyridine rings is 1. The summed E-state index contributed by atoms with van der Waals surface area (Å²) in [6.45, 7) is 3.99. The molecule has 138 valence electrons. The lowest BCUT2D eigenvalue weighted by Gasteiger charge is -2.40. The molecule has 1 saturated heterocycles. The van der Waals surface area contributed by atoms with Gasteiger partial charge >= 0.3 is 0 Å². The number of nitrogens with zero attached hydrogens (tertiary/aromatic N) is 7. The Bertz CT molecular complexity index is 1060. The van der Waals surface area contributed by atoms with Crippen LogP contribution in [0, 0.1) is 5.41 Å². The Balaban J connectivity index is 1.39. The van der Waals surface area contributed by atoms with Crippen molar-refractivity contribution in [2.24, 2.45) is 5.41 Å². The molecule has 3 aromatic rings. The van der Waals surface area contributed by atoms with E-state index in [0.29, 0.717) is 21.8 Å². The smallest absolute Gasteiger partial charge is 0.253 e. The van der Waals surface area contributed by atoms with E-state index in [9.17, 15) is 4.79 Å². The summed E-state index contributed by atoms with van der Waals surface area (Å²) in [6, 6.07) is 3.05. The fraction of sp³-hybridized carbons (Fsp3) is 0.389. The molecule has 3 aromatic heterocycles. The van der Waals surface area contributed by atoms with Gasteiger partial charge in [-0.15, -0.1) is 5.10 Å². The van der Waals surface area contributed by atoms with Gasteiger partial charge < -0.3 is 4.90 Å². The fourth-order valence-corrected chi connectivity index (χ4v) is 3.68. The molecule has 4 heterocycles. The van der Waals surface area contributed by atoms with Gasteiger partial charge in [-0.25, -0.2) is 9.67 Å². The summed E-state index contributed by atoms with van der Waals surface area (Å²) in [5.74, 6) is 0.876. The minimum absolute atomic E-state index is 0.194. The van der Waals surface area contributed by atoms with Crippen LogP contribution in [0.15, 0.2) is 41.7 Å². The minimum atomic E-state index is -0.336. The number of anilines is 1. The molecule has 0 radical (unpaired) electrons. The van der Waals surface area contributed by atoms with Gasteiger partial charge in [-0.2, -0.15) is 0 Å². The monoisotopic (exact) mass is 383 g/mol. The van der Waals surface area contributed by atoms with Crippen molar-refractivity contribution >= 4 is 17.4 Å². The Morgan fingerprint density at radius 2 is 2.04 bits per heavy atom. The highest BCUT2D eigenvalue weighted by atomic mass is 35.5. The topological polar surface area (TPSA) is 81.7 Å². The van der Waals surface area contributed by atoms with Crippen LogP contribution in [-0.2, 0) is 0 Å². The predicted octanol–water partition coefficient (Wildman–Crippen LogP) is 2.22. The summed E-state index contributed by atoms with van der Waals surface area (Å²) >= 11 is 5.86. The van der Waals surface area contributed by atoms with E-state index in [1.807, 2.05) is 6.92 Å². The van der Waals surface area contributed by atoms with Crippen molar-refractivity contribution in [3.63, 3.8) is 0 Å². The van der Waals surface area contributed by atoms with E-state index in [-0.39, 0.29) is 11.7 Å². The minimum Gasteiger partial charge on any atom is -0.354 e. The van der Waals surface area contributed by atoms with Crippen LogP contribution < -0.4 is 10.5 Å². The van der Waals surface area contributed by atoms with Crippen molar-refractivity contribution in [3.05, 3.63) is 52.3 Å². The Kier molecular flexibility index (Phi) is 3.58. The van der Waals surface area contributed by atoms with Crippen LogP contribution in [0.2, 0.25) is 5.02 Å². The molecule has 0 N–H and O–H groups in total. The molecular weight excluding hydrogens is 366 g/mol. The van der Waals surface area contributed by atoms with E-state index in [0.717, 1.165) is 18.9 Å². The highest BCUT2D eigenvalue weighted by Crippen LogP contribution is 2.53. The molecule has 2 fully saturated rings. The molecular formula is C18H18ClN7O. The van der Waals surface area contributed by atoms with Crippen LogP contribution in [0.1, 0.15) is 25.9 Å². The summed E-state index contributed by atoms with van der Waals surface area (Å²) in [7, 11) is 0. The molecule has 27 heavy (non-hydrogen) atoms. The van der Waals surface area contributed by atoms with Gasteiger partial charge in [0.1, 0.15) is 23.4 Å². The number of hydrogen-bond acceptors (Lipinski definition) is 6. The predicted molar refractivity (Wildman–Crippen MR) is 101 cm³/mol. The third-order valence-corrected chi connectivity index (χ3v) is 5.66. The van der Waals surface area contributed by atoms with Gasteiger partial charge in [0, 0.05) is 35.8 Å². The second-order valence-corrected chi connectivity index (χ2v) is 7.86. The van der Waals surface area contributed by atoms with Gasteiger partial charge in [0.05, 0.1) is 18.6 Å². The number of aromatic nitrogens is 6. The molecule has 8 nitrogen and oxygen atoms in total. The molecule has 1 spiro atoms. The maximum Gasteiger partial charge on any atom is 0.253 e. The first-order chi connectivity index (χ1) is 13.0. The van der Waals surface area contributed by atoms with Gasteiger partial charge in [0.25, 0.3) is 5.56 Å². The van der Waals surface area contributed by atoms with Crippen LogP contribution in [0.3, 0.4) is 0 Å². The summed E-state index contributed by atoms with van der Waals surface area (Å²) < 4.78 is 3.17. The molecule has 5 rings (SSSR count). The van der Waals surface area contributed by atoms with Crippen LogP contribution in [-0.4, -0.2) is 42.6 Å². The van der Waals surface area contributed by atoms with Crippen molar-refractivity contribution in [2.45, 2.75) is 25.9 Å². The molecule has 1 unspecified atom stereocenters. The highest BCUT2D eigenvalue weighted by molar-refractivity contribution is 6.30. The standard InChI is InChI=1S/C18H18ClN7O/c1-12(25-5-2-13(19)6-17(25)27)26-9-15(22-23-26)14-7-20-8-16(21-14)24-10-18(11-24)3-4-18/h2,5-9,12H,3-4,10-11H2,1H3. The van der Waals surface area contributed by atoms with Gasteiger partial charge in [0.15, 0.2) is 0 Å². The quantitative estimate of drug-likeness (QED) is 0.687. The molecule has 2 aliphatic rings. The fourth-order valence-electron chi connectivity index (χ4n) is 3.53. The second kappa shape index (κ2) is 5.88. The van der Waals surface area contributed by atoms with Crippen molar-refractivity contribution in [3.8, 4) is 11.4 Å². The lowest BCUT2D eigenvalue weighted by molar-refractivity contribution is 0.384. The van der Waals surface area contributed by atoms with E-state index in [1.165, 1.54) is 18.9 Å². The lowest BCUT2D eigenvalue weighted by Crippen LogP contribution is -2.48. The lowest BCUT2D eigenvalue weighted by atomic mass is 9.97. The van der Waals surface area contributed by atoms with Crippen molar-refractivity contribution in [1.82, 2.24) is 29.5 Å². The highest BCUT2D eigenvalue weighted by Gasteiger charge is 2.52. The summed E-state index contributed by atoms with van der Waals surface area (Å²) in [5, 5.41) is 8.79. The SMILES string of the molecule is CC(n1cc(-c2cncc(N3CC4(CC4)C3)n2)nn1)n1ccc(Cl)cc1=O. The van der Waals surface area contributed by atoms with Crippen LogP contribution in [0.4, 0.5) is 5.82 Å². The van der Waals surface area contributed by atoms with Crippen molar-refractivity contribution in [2.75, 3.05) is 18.0 Å². The maximum atomic E-state index is 12.1. The largest absolute Gasteiger partial charge is 0.354 e. The van der Waals surface area contributed by atoms with Gasteiger partial charge in [-0.3, -0.25) is 14.3 Å². The number of rotatable bonds is 4. The van der Waals surface area contributed by atoms with Crippen molar-refractivity contribution in [1.29, 1.82) is 0 Å². The molecule has 1 aliphatic carbocycles. The third kappa shape index (κ3) is 2.90. The molecule has 0 aromatic carbocycles. The zero-order valence-electron chi connectivity index (χ0n) is 14.8. The second-order valence-electron chi connectivity index (χ2n) is 7.42. The molecule has 9 heteroatoms. The van der Waals surface area contributed by atoms with E-state index in [1.54, 1.807) is 40.1 Å². The average Bonchev–Trinajstić information content (AvgIpc) is 3.29. The van der Waals surface area contributed by atoms with Crippen molar-refractivity contribution < 1.29 is 0 Å². The zero-order valence-corrected chi connectivity index (χ0v) is 15.5. The Morgan fingerprint density at radius 1 is 1.22 bits per heavy atom. The molecule has 0 amide bonds. The van der Waals surface area contributed by atoms with E-state index < -0.39 is 0 Å². The normalized spacial score (nSPS) is 18.4. The van der Waals surface area contributed by atoms with E-state index >= 15 is 0 Å². The maximum absolute atomic E-state index is 12.1. The number of hydrogen-bond donors (Lipinski definition) is 0. The van der Waals surface area contributed by atoms with E-state index in [4.69, 9.17) is 16.6 Å². The number of halogens is 1. The third-order valence-electron chi connectivity index (χ3n) is 5.42. The van der Waals surface area contributed by atoms with E-state index in [2.05, 4.69) is 20.2 Å². The summed E-state index contributed by atoms with van der Waals surface area (Å²) in [4.78, 5) is 23.4. The van der Waals surface area contributed by atoms with Gasteiger partial charge in [-0.1, -0.05) is 16.8 Å². The Labute approximate surface area is 160 Å². The Morgan fingerprint density at radius 3 is 2.78 bits per heavy atom. The van der Waals surface area contributed by atoms with Crippen LogP contribution in [0.5, 0.6) is 0 Å². The first kappa shape index (κ1) is 16.4. The molecule has 1 atom stereocenters. The Hall–Kier alpha value is -2.74. The molecule has 0 bridgehead atoms. The zero-order chi connectivity index (χ0) is 18.6. The first-order valence-electron chi connectivity index (χ1n) is 8.90. The summed E-state index contributed by atoms with van der Waals surface area (Å²) in [6.07, 6.45) is 9.21. The molecule has 1 saturated carbocycles. The summed E-state index contributed by atoms with van der Waals surface area (Å²) in [5.41, 5.74) is 1.66. The van der Waals surface area contributed by atoms with Crippen LogP contribution >= 0.6 is 11.6 Å².